The lowest BCUT2D eigenvalue weighted by molar-refractivity contribution is 0.534. The quantitative estimate of drug-likeness (QED) is 0.637. The SMILES string of the molecule is Cc1nc(C(C)(C)N)c(C)[nH]1. The van der Waals surface area contributed by atoms with E-state index in [0.29, 0.717) is 0 Å². The van der Waals surface area contributed by atoms with Crippen LogP contribution in [0.15, 0.2) is 0 Å². The lowest BCUT2D eigenvalue weighted by Gasteiger charge is -2.16. The molecule has 0 aliphatic rings. The van der Waals surface area contributed by atoms with Crippen LogP contribution >= 0.6 is 0 Å². The molecule has 0 amide bonds. The average molecular weight is 153 g/mol. The number of nitrogens with two attached hydrogens (primary N) is 1. The highest BCUT2D eigenvalue weighted by molar-refractivity contribution is 5.19. The Morgan fingerprint density at radius 3 is 2.09 bits per heavy atom. The van der Waals surface area contributed by atoms with Crippen LogP contribution in [-0.2, 0) is 5.54 Å². The molecule has 1 rings (SSSR count). The molecule has 3 heteroatoms. The van der Waals surface area contributed by atoms with Crippen molar-refractivity contribution in [1.82, 2.24) is 9.97 Å². The van der Waals surface area contributed by atoms with Crippen LogP contribution in [0.25, 0.3) is 0 Å². The predicted molar refractivity (Wildman–Crippen MR) is 45.3 cm³/mol. The van der Waals surface area contributed by atoms with Crippen molar-refractivity contribution in [2.24, 2.45) is 5.73 Å². The third kappa shape index (κ3) is 1.60. The van der Waals surface area contributed by atoms with Gasteiger partial charge in [-0.05, 0) is 27.7 Å². The zero-order valence-electron chi connectivity index (χ0n) is 7.52. The Hall–Kier alpha value is -0.830. The van der Waals surface area contributed by atoms with Gasteiger partial charge in [0.1, 0.15) is 5.82 Å². The second-order valence-electron chi connectivity index (χ2n) is 3.52. The monoisotopic (exact) mass is 153 g/mol. The standard InChI is InChI=1S/C8H15N3/c1-5-7(8(3,4)9)11-6(2)10-5/h9H2,1-4H3,(H,10,11). The molecule has 0 radical (unpaired) electrons. The number of aromatic nitrogens is 2. The number of imidazole rings is 1. The Morgan fingerprint density at radius 1 is 1.36 bits per heavy atom. The van der Waals surface area contributed by atoms with Gasteiger partial charge in [0.25, 0.3) is 0 Å². The summed E-state index contributed by atoms with van der Waals surface area (Å²) in [5.41, 5.74) is 7.57. The van der Waals surface area contributed by atoms with Crippen molar-refractivity contribution in [2.75, 3.05) is 0 Å². The molecule has 0 atom stereocenters. The maximum atomic E-state index is 5.89. The maximum Gasteiger partial charge on any atom is 0.103 e. The fourth-order valence-corrected chi connectivity index (χ4v) is 1.24. The first-order valence-electron chi connectivity index (χ1n) is 3.74. The Labute approximate surface area is 67.0 Å². The largest absolute Gasteiger partial charge is 0.346 e. The number of hydrogen-bond donors (Lipinski definition) is 2. The van der Waals surface area contributed by atoms with Gasteiger partial charge >= 0.3 is 0 Å². The number of H-pyrrole nitrogens is 1. The molecule has 0 saturated carbocycles. The third-order valence-electron chi connectivity index (χ3n) is 1.61. The zero-order chi connectivity index (χ0) is 8.65. The van der Waals surface area contributed by atoms with Gasteiger partial charge in [0.2, 0.25) is 0 Å². The van der Waals surface area contributed by atoms with Gasteiger partial charge in [0, 0.05) is 5.69 Å². The van der Waals surface area contributed by atoms with E-state index >= 15 is 0 Å². The van der Waals surface area contributed by atoms with Crippen molar-refractivity contribution in [2.45, 2.75) is 33.2 Å². The molecule has 0 aliphatic heterocycles. The Balaban J connectivity index is 3.13. The van der Waals surface area contributed by atoms with E-state index in [9.17, 15) is 0 Å². The fraction of sp³-hybridized carbons (Fsp3) is 0.625. The van der Waals surface area contributed by atoms with Gasteiger partial charge in [-0.15, -0.1) is 0 Å². The summed E-state index contributed by atoms with van der Waals surface area (Å²) in [6.07, 6.45) is 0. The molecular formula is C8H15N3. The first kappa shape index (κ1) is 8.27. The number of aryl methyl sites for hydroxylation is 2. The fourth-order valence-electron chi connectivity index (χ4n) is 1.24. The number of nitrogens with one attached hydrogen (secondary N) is 1. The van der Waals surface area contributed by atoms with Gasteiger partial charge in [0.05, 0.1) is 11.2 Å². The molecule has 0 spiro atoms. The van der Waals surface area contributed by atoms with Crippen LogP contribution in [0.5, 0.6) is 0 Å². The molecule has 62 valence electrons. The van der Waals surface area contributed by atoms with Gasteiger partial charge in [-0.25, -0.2) is 4.98 Å². The molecule has 1 heterocycles. The summed E-state index contributed by atoms with van der Waals surface area (Å²) in [7, 11) is 0. The molecule has 0 unspecified atom stereocenters. The summed E-state index contributed by atoms with van der Waals surface area (Å²) in [5, 5.41) is 0. The van der Waals surface area contributed by atoms with E-state index in [4.69, 9.17) is 5.73 Å². The van der Waals surface area contributed by atoms with Crippen LogP contribution in [-0.4, -0.2) is 9.97 Å². The van der Waals surface area contributed by atoms with Crippen molar-refractivity contribution in [1.29, 1.82) is 0 Å². The predicted octanol–water partition coefficient (Wildman–Crippen LogP) is 1.22. The van der Waals surface area contributed by atoms with Crippen LogP contribution in [0.1, 0.15) is 31.1 Å². The summed E-state index contributed by atoms with van der Waals surface area (Å²) in [4.78, 5) is 7.42. The molecule has 1 aromatic rings. The van der Waals surface area contributed by atoms with Gasteiger partial charge in [-0.2, -0.15) is 0 Å². The third-order valence-corrected chi connectivity index (χ3v) is 1.61. The summed E-state index contributed by atoms with van der Waals surface area (Å²) in [6.45, 7) is 7.83. The average Bonchev–Trinajstić information content (AvgIpc) is 2.08. The number of rotatable bonds is 1. The van der Waals surface area contributed by atoms with Crippen molar-refractivity contribution in [3.8, 4) is 0 Å². The zero-order valence-corrected chi connectivity index (χ0v) is 7.52. The number of aromatic amines is 1. The minimum absolute atomic E-state index is 0.338. The van der Waals surface area contributed by atoms with Crippen LogP contribution < -0.4 is 5.73 Å². The molecule has 0 saturated heterocycles. The molecule has 0 bridgehead atoms. The van der Waals surface area contributed by atoms with Crippen LogP contribution in [0.4, 0.5) is 0 Å². The Kier molecular flexibility index (Phi) is 1.76. The van der Waals surface area contributed by atoms with Crippen molar-refractivity contribution in [3.05, 3.63) is 17.2 Å². The second-order valence-corrected chi connectivity index (χ2v) is 3.52. The lowest BCUT2D eigenvalue weighted by atomic mass is 10.0. The smallest absolute Gasteiger partial charge is 0.103 e. The number of nitrogens with zero attached hydrogens (tertiary/aromatic N) is 1. The second kappa shape index (κ2) is 2.34. The van der Waals surface area contributed by atoms with Crippen molar-refractivity contribution in [3.63, 3.8) is 0 Å². The summed E-state index contributed by atoms with van der Waals surface area (Å²) >= 11 is 0. The number of hydrogen-bond acceptors (Lipinski definition) is 2. The van der Waals surface area contributed by atoms with Crippen molar-refractivity contribution >= 4 is 0 Å². The molecule has 0 fully saturated rings. The molecule has 0 aromatic carbocycles. The highest BCUT2D eigenvalue weighted by atomic mass is 15.0. The lowest BCUT2D eigenvalue weighted by Crippen LogP contribution is -2.30. The van der Waals surface area contributed by atoms with Crippen LogP contribution in [0, 0.1) is 13.8 Å². The normalized spacial score (nSPS) is 12.1. The van der Waals surface area contributed by atoms with Crippen LogP contribution in [0.2, 0.25) is 0 Å². The molecule has 11 heavy (non-hydrogen) atoms. The molecule has 3 nitrogen and oxygen atoms in total. The van der Waals surface area contributed by atoms with E-state index < -0.39 is 0 Å². The Morgan fingerprint density at radius 2 is 1.91 bits per heavy atom. The minimum Gasteiger partial charge on any atom is -0.346 e. The van der Waals surface area contributed by atoms with E-state index in [1.807, 2.05) is 27.7 Å². The molecule has 0 aliphatic carbocycles. The molecular weight excluding hydrogens is 138 g/mol. The van der Waals surface area contributed by atoms with E-state index in [2.05, 4.69) is 9.97 Å². The van der Waals surface area contributed by atoms with Gasteiger partial charge in [0.15, 0.2) is 0 Å². The molecule has 3 N–H and O–H groups in total. The van der Waals surface area contributed by atoms with Crippen molar-refractivity contribution < 1.29 is 0 Å². The Bertz CT molecular complexity index is 255. The van der Waals surface area contributed by atoms with E-state index in [-0.39, 0.29) is 5.54 Å². The topological polar surface area (TPSA) is 54.7 Å². The summed E-state index contributed by atoms with van der Waals surface area (Å²) < 4.78 is 0. The summed E-state index contributed by atoms with van der Waals surface area (Å²) in [6, 6.07) is 0. The van der Waals surface area contributed by atoms with E-state index in [0.717, 1.165) is 17.2 Å². The summed E-state index contributed by atoms with van der Waals surface area (Å²) in [5.74, 6) is 0.927. The maximum absolute atomic E-state index is 5.89. The highest BCUT2D eigenvalue weighted by Gasteiger charge is 2.19. The van der Waals surface area contributed by atoms with E-state index in [1.54, 1.807) is 0 Å². The van der Waals surface area contributed by atoms with Gasteiger partial charge in [-0.1, -0.05) is 0 Å². The van der Waals surface area contributed by atoms with Crippen LogP contribution in [0.3, 0.4) is 0 Å². The van der Waals surface area contributed by atoms with Gasteiger partial charge < -0.3 is 10.7 Å². The molecule has 1 aromatic heterocycles. The minimum atomic E-state index is -0.338. The highest BCUT2D eigenvalue weighted by Crippen LogP contribution is 2.17. The first-order chi connectivity index (χ1) is 4.91. The van der Waals surface area contributed by atoms with E-state index in [1.165, 1.54) is 0 Å². The van der Waals surface area contributed by atoms with Gasteiger partial charge in [-0.3, -0.25) is 0 Å². The first-order valence-corrected chi connectivity index (χ1v) is 3.74.